The molecule has 1 N–H and O–H groups in total. The maximum Gasteiger partial charge on any atom is 0.409 e. The molecule has 0 bridgehead atoms. The van der Waals surface area contributed by atoms with Crippen LogP contribution in [0.25, 0.3) is 0 Å². The summed E-state index contributed by atoms with van der Waals surface area (Å²) >= 11 is 0. The van der Waals surface area contributed by atoms with Crippen LogP contribution in [0.15, 0.2) is 54.6 Å². The van der Waals surface area contributed by atoms with Crippen LogP contribution in [0.1, 0.15) is 29.9 Å². The Morgan fingerprint density at radius 1 is 1.11 bits per heavy atom. The Bertz CT molecular complexity index is 740. The molecule has 0 radical (unpaired) electrons. The van der Waals surface area contributed by atoms with Crippen molar-refractivity contribution in [3.8, 4) is 0 Å². The lowest BCUT2D eigenvalue weighted by Crippen LogP contribution is -2.44. The Labute approximate surface area is 162 Å². The number of amides is 1. The summed E-state index contributed by atoms with van der Waals surface area (Å²) in [7, 11) is -1.31. The van der Waals surface area contributed by atoms with Crippen molar-refractivity contribution in [2.24, 2.45) is 0 Å². The van der Waals surface area contributed by atoms with Gasteiger partial charge in [0, 0.05) is 12.5 Å². The van der Waals surface area contributed by atoms with Gasteiger partial charge in [0.2, 0.25) is 0 Å². The molecule has 0 aliphatic carbocycles. The van der Waals surface area contributed by atoms with Gasteiger partial charge in [0.25, 0.3) is 0 Å². The summed E-state index contributed by atoms with van der Waals surface area (Å²) in [5.74, 6) is 0.152. The Hall–Kier alpha value is -2.11. The van der Waals surface area contributed by atoms with E-state index in [1.807, 2.05) is 30.3 Å². The van der Waals surface area contributed by atoms with Crippen molar-refractivity contribution in [1.29, 1.82) is 0 Å². The molecule has 5 heteroatoms. The van der Waals surface area contributed by atoms with Gasteiger partial charge in [-0.25, -0.2) is 4.79 Å². The maximum absolute atomic E-state index is 12.2. The van der Waals surface area contributed by atoms with E-state index in [9.17, 15) is 4.79 Å². The number of carbonyl (C=O) groups excluding carboxylic acids is 1. The maximum atomic E-state index is 12.2. The predicted molar refractivity (Wildman–Crippen MR) is 111 cm³/mol. The molecule has 2 atom stereocenters. The lowest BCUT2D eigenvalue weighted by molar-refractivity contribution is -0.0214. The van der Waals surface area contributed by atoms with Gasteiger partial charge in [-0.1, -0.05) is 79.4 Å². The van der Waals surface area contributed by atoms with Gasteiger partial charge in [-0.05, 0) is 24.0 Å². The zero-order valence-corrected chi connectivity index (χ0v) is 17.4. The summed E-state index contributed by atoms with van der Waals surface area (Å²) in [5.41, 5.74) is 2.18. The number of ether oxygens (including phenoxy) is 2. The molecule has 1 amide bonds. The van der Waals surface area contributed by atoms with Crippen LogP contribution >= 0.6 is 0 Å². The van der Waals surface area contributed by atoms with E-state index in [0.717, 1.165) is 18.4 Å². The molecule has 2 aromatic rings. The van der Waals surface area contributed by atoms with Crippen LogP contribution in [0.4, 0.5) is 4.79 Å². The molecule has 0 spiro atoms. The van der Waals surface area contributed by atoms with Crippen molar-refractivity contribution in [3.05, 3.63) is 65.7 Å². The third kappa shape index (κ3) is 5.43. The van der Waals surface area contributed by atoms with E-state index in [1.165, 1.54) is 10.8 Å². The molecule has 0 aromatic heterocycles. The zero-order valence-electron chi connectivity index (χ0n) is 16.4. The molecule has 144 valence electrons. The Balaban J connectivity index is 1.62. The normalized spacial score (nSPS) is 20.1. The highest BCUT2D eigenvalue weighted by Crippen LogP contribution is 2.29. The number of benzene rings is 2. The summed E-state index contributed by atoms with van der Waals surface area (Å²) in [6, 6.07) is 18.5. The summed E-state index contributed by atoms with van der Waals surface area (Å²) in [5, 5.41) is 4.35. The molecule has 27 heavy (non-hydrogen) atoms. The summed E-state index contributed by atoms with van der Waals surface area (Å²) in [6.07, 6.45) is 1.21. The molecule has 1 heterocycles. The van der Waals surface area contributed by atoms with Gasteiger partial charge < -0.3 is 9.47 Å². The molecule has 1 aliphatic heterocycles. The standard InChI is InChI=1S/C22H29NO3Si/c1-27(2,3)19-13-11-18(12-14-19)20-10-7-15-25-21(20)23-22(24)26-16-17-8-5-4-6-9-17/h4-6,8-9,11-14,20-21H,7,10,15-16H2,1-3H3,(H,23,24). The van der Waals surface area contributed by atoms with Crippen molar-refractivity contribution in [2.45, 2.75) is 51.2 Å². The van der Waals surface area contributed by atoms with Gasteiger partial charge in [-0.2, -0.15) is 0 Å². The molecule has 1 saturated heterocycles. The largest absolute Gasteiger partial charge is 0.445 e. The molecule has 2 aromatic carbocycles. The van der Waals surface area contributed by atoms with E-state index >= 15 is 0 Å². The fraction of sp³-hybridized carbons (Fsp3) is 0.409. The van der Waals surface area contributed by atoms with Crippen molar-refractivity contribution >= 4 is 19.4 Å². The van der Waals surface area contributed by atoms with Crippen LogP contribution < -0.4 is 10.5 Å². The number of alkyl carbamates (subject to hydrolysis) is 1. The first-order chi connectivity index (χ1) is 12.9. The highest BCUT2D eigenvalue weighted by atomic mass is 28.3. The highest BCUT2D eigenvalue weighted by Gasteiger charge is 2.29. The number of rotatable bonds is 5. The fourth-order valence-corrected chi connectivity index (χ4v) is 4.54. The molecule has 1 fully saturated rings. The first kappa shape index (κ1) is 19.6. The predicted octanol–water partition coefficient (Wildman–Crippen LogP) is 4.38. The zero-order chi connectivity index (χ0) is 19.3. The molecule has 4 nitrogen and oxygen atoms in total. The Kier molecular flexibility index (Phi) is 6.34. The third-order valence-electron chi connectivity index (χ3n) is 5.00. The van der Waals surface area contributed by atoms with E-state index in [0.29, 0.717) is 6.61 Å². The average Bonchev–Trinajstić information content (AvgIpc) is 2.67. The molecular weight excluding hydrogens is 354 g/mol. The monoisotopic (exact) mass is 383 g/mol. The van der Waals surface area contributed by atoms with E-state index in [1.54, 1.807) is 0 Å². The van der Waals surface area contributed by atoms with Gasteiger partial charge in [-0.15, -0.1) is 0 Å². The van der Waals surface area contributed by atoms with Crippen molar-refractivity contribution in [1.82, 2.24) is 5.32 Å². The molecule has 2 unspecified atom stereocenters. The van der Waals surface area contributed by atoms with Crippen LogP contribution in [-0.4, -0.2) is 27.0 Å². The molecule has 1 aliphatic rings. The minimum absolute atomic E-state index is 0.152. The van der Waals surface area contributed by atoms with Gasteiger partial charge in [0.15, 0.2) is 0 Å². The highest BCUT2D eigenvalue weighted by molar-refractivity contribution is 6.88. The van der Waals surface area contributed by atoms with Crippen LogP contribution in [0.3, 0.4) is 0 Å². The summed E-state index contributed by atoms with van der Waals surface area (Å²) in [6.45, 7) is 7.96. The van der Waals surface area contributed by atoms with E-state index in [2.05, 4.69) is 49.2 Å². The Morgan fingerprint density at radius 3 is 2.48 bits per heavy atom. The first-order valence-corrected chi connectivity index (χ1v) is 13.1. The van der Waals surface area contributed by atoms with Crippen molar-refractivity contribution in [3.63, 3.8) is 0 Å². The van der Waals surface area contributed by atoms with Gasteiger partial charge >= 0.3 is 6.09 Å². The van der Waals surface area contributed by atoms with Gasteiger partial charge in [-0.3, -0.25) is 5.32 Å². The summed E-state index contributed by atoms with van der Waals surface area (Å²) in [4.78, 5) is 12.2. The SMILES string of the molecule is C[Si](C)(C)c1ccc(C2CCCOC2NC(=O)OCc2ccccc2)cc1. The average molecular weight is 384 g/mol. The minimum Gasteiger partial charge on any atom is -0.445 e. The van der Waals surface area contributed by atoms with Crippen LogP contribution in [-0.2, 0) is 16.1 Å². The van der Waals surface area contributed by atoms with Crippen LogP contribution in [0, 0.1) is 0 Å². The second kappa shape index (κ2) is 8.72. The minimum atomic E-state index is -1.31. The number of carbonyl (C=O) groups is 1. The molecule has 3 rings (SSSR count). The summed E-state index contributed by atoms with van der Waals surface area (Å²) < 4.78 is 11.2. The third-order valence-corrected chi connectivity index (χ3v) is 7.07. The molecule has 0 saturated carbocycles. The number of hydrogen-bond donors (Lipinski definition) is 1. The molecular formula is C22H29NO3Si. The van der Waals surface area contributed by atoms with Crippen LogP contribution in [0.5, 0.6) is 0 Å². The van der Waals surface area contributed by atoms with Crippen molar-refractivity contribution < 1.29 is 14.3 Å². The number of nitrogens with one attached hydrogen (secondary N) is 1. The van der Waals surface area contributed by atoms with Crippen LogP contribution in [0.2, 0.25) is 19.6 Å². The fourth-order valence-electron chi connectivity index (χ4n) is 3.38. The quantitative estimate of drug-likeness (QED) is 0.780. The number of hydrogen-bond acceptors (Lipinski definition) is 3. The topological polar surface area (TPSA) is 47.6 Å². The van der Waals surface area contributed by atoms with Gasteiger partial charge in [0.1, 0.15) is 12.8 Å². The lowest BCUT2D eigenvalue weighted by Gasteiger charge is -2.32. The smallest absolute Gasteiger partial charge is 0.409 e. The lowest BCUT2D eigenvalue weighted by atomic mass is 9.91. The first-order valence-electron chi connectivity index (χ1n) is 9.63. The Morgan fingerprint density at radius 2 is 1.81 bits per heavy atom. The van der Waals surface area contributed by atoms with E-state index < -0.39 is 14.2 Å². The van der Waals surface area contributed by atoms with Crippen molar-refractivity contribution in [2.75, 3.05) is 6.61 Å². The second-order valence-corrected chi connectivity index (χ2v) is 13.2. The van der Waals surface area contributed by atoms with E-state index in [4.69, 9.17) is 9.47 Å². The second-order valence-electron chi connectivity index (χ2n) is 8.12. The van der Waals surface area contributed by atoms with Gasteiger partial charge in [0.05, 0.1) is 8.07 Å². The van der Waals surface area contributed by atoms with E-state index in [-0.39, 0.29) is 18.8 Å².